The van der Waals surface area contributed by atoms with E-state index in [0.29, 0.717) is 12.3 Å². The van der Waals surface area contributed by atoms with Crippen LogP contribution in [0.1, 0.15) is 0 Å². The van der Waals surface area contributed by atoms with Gasteiger partial charge in [-0.2, -0.15) is 0 Å². The highest BCUT2D eigenvalue weighted by molar-refractivity contribution is 5.85. The van der Waals surface area contributed by atoms with Crippen LogP contribution in [0.4, 0.5) is 11.4 Å². The minimum atomic E-state index is -1.43. The van der Waals surface area contributed by atoms with E-state index in [1.54, 1.807) is 18.5 Å². The largest absolute Gasteiger partial charge is 0.477 e. The van der Waals surface area contributed by atoms with Gasteiger partial charge in [0.2, 0.25) is 0 Å². The van der Waals surface area contributed by atoms with Gasteiger partial charge in [-0.15, -0.1) is 0 Å². The molecule has 7 heteroatoms. The van der Waals surface area contributed by atoms with Crippen LogP contribution in [0, 0.1) is 0 Å². The molecule has 0 spiro atoms. The summed E-state index contributed by atoms with van der Waals surface area (Å²) in [6.07, 6.45) is 3.57. The number of rotatable bonds is 4. The minimum Gasteiger partial charge on any atom is -0.477 e. The molecule has 0 amide bonds. The number of carboxylic acids is 1. The smallest absolute Gasteiger partial charge is 0.371 e. The van der Waals surface area contributed by atoms with E-state index in [1.807, 2.05) is 30.3 Å². The van der Waals surface area contributed by atoms with Crippen LogP contribution in [-0.4, -0.2) is 59.4 Å². The van der Waals surface area contributed by atoms with Crippen molar-refractivity contribution in [3.8, 4) is 5.75 Å². The monoisotopic (exact) mass is 340 g/mol. The number of benzene rings is 1. The minimum absolute atomic E-state index is 0.293. The first kappa shape index (κ1) is 15.7. The molecule has 2 aromatic rings. The number of ether oxygens (including phenoxy) is 1. The van der Waals surface area contributed by atoms with Crippen LogP contribution < -0.4 is 15.0 Å². The van der Waals surface area contributed by atoms with Crippen molar-refractivity contribution in [2.24, 2.45) is 0 Å². The maximum atomic E-state index is 11.9. The van der Waals surface area contributed by atoms with E-state index < -0.39 is 11.7 Å². The lowest BCUT2D eigenvalue weighted by Gasteiger charge is -2.38. The van der Waals surface area contributed by atoms with Crippen LogP contribution >= 0.6 is 0 Å². The number of para-hydroxylation sites is 2. The van der Waals surface area contributed by atoms with Crippen LogP contribution in [-0.2, 0) is 4.79 Å². The number of piperazine rings is 1. The molecule has 0 aliphatic carbocycles. The summed E-state index contributed by atoms with van der Waals surface area (Å²) in [6.45, 7) is 3.53. The molecule has 25 heavy (non-hydrogen) atoms. The normalized spacial score (nSPS) is 22.8. The van der Waals surface area contributed by atoms with Gasteiger partial charge in [0.05, 0.1) is 12.2 Å². The Morgan fingerprint density at radius 1 is 1.16 bits per heavy atom. The highest BCUT2D eigenvalue weighted by Gasteiger charge is 2.48. The van der Waals surface area contributed by atoms with E-state index in [0.717, 1.165) is 37.6 Å². The summed E-state index contributed by atoms with van der Waals surface area (Å²) in [6, 6.07) is 11.3. The van der Waals surface area contributed by atoms with Gasteiger partial charge in [0.1, 0.15) is 5.75 Å². The van der Waals surface area contributed by atoms with Gasteiger partial charge in [-0.1, -0.05) is 12.1 Å². The topological polar surface area (TPSA) is 77.9 Å². The molecule has 2 aliphatic heterocycles. The molecule has 1 unspecified atom stereocenters. The molecule has 1 fully saturated rings. The van der Waals surface area contributed by atoms with E-state index in [9.17, 15) is 9.90 Å². The van der Waals surface area contributed by atoms with Crippen molar-refractivity contribution in [3.63, 3.8) is 0 Å². The number of pyridine rings is 1. The average molecular weight is 340 g/mol. The molecule has 2 N–H and O–H groups in total. The molecule has 4 rings (SSSR count). The Balaban J connectivity index is 1.43. The lowest BCUT2D eigenvalue weighted by molar-refractivity contribution is -0.153. The second-order valence-electron chi connectivity index (χ2n) is 6.32. The van der Waals surface area contributed by atoms with Crippen molar-refractivity contribution in [1.29, 1.82) is 0 Å². The molecular weight excluding hydrogens is 320 g/mol. The Hall–Kier alpha value is -2.80. The molecular formula is C18H20N4O3. The van der Waals surface area contributed by atoms with Crippen molar-refractivity contribution in [2.45, 2.75) is 5.72 Å². The molecule has 1 aromatic carbocycles. The van der Waals surface area contributed by atoms with E-state index in [1.165, 1.54) is 0 Å². The molecule has 0 bridgehead atoms. The van der Waals surface area contributed by atoms with Gasteiger partial charge in [0.15, 0.2) is 0 Å². The molecule has 0 saturated carbocycles. The zero-order valence-electron chi connectivity index (χ0n) is 13.8. The third-order valence-electron chi connectivity index (χ3n) is 4.70. The third-order valence-corrected chi connectivity index (χ3v) is 4.70. The summed E-state index contributed by atoms with van der Waals surface area (Å²) >= 11 is 0. The Bertz CT molecular complexity index is 735. The Kier molecular flexibility index (Phi) is 3.93. The van der Waals surface area contributed by atoms with Gasteiger partial charge in [-0.25, -0.2) is 4.79 Å². The van der Waals surface area contributed by atoms with Crippen LogP contribution in [0.2, 0.25) is 0 Å². The van der Waals surface area contributed by atoms with Gasteiger partial charge in [0.25, 0.3) is 5.72 Å². The summed E-state index contributed by atoms with van der Waals surface area (Å²) in [5.41, 5.74) is 0.438. The van der Waals surface area contributed by atoms with Crippen molar-refractivity contribution in [3.05, 3.63) is 48.8 Å². The summed E-state index contributed by atoms with van der Waals surface area (Å²) in [7, 11) is 0. The summed E-state index contributed by atoms with van der Waals surface area (Å²) in [5, 5.41) is 12.8. The Labute approximate surface area is 145 Å². The number of hydrogen-bond donors (Lipinski definition) is 2. The maximum absolute atomic E-state index is 11.9. The number of anilines is 2. The van der Waals surface area contributed by atoms with Gasteiger partial charge in [0, 0.05) is 44.3 Å². The van der Waals surface area contributed by atoms with E-state index >= 15 is 0 Å². The molecule has 130 valence electrons. The quantitative estimate of drug-likeness (QED) is 0.873. The lowest BCUT2D eigenvalue weighted by atomic mass is 10.1. The fourth-order valence-corrected chi connectivity index (χ4v) is 3.36. The fourth-order valence-electron chi connectivity index (χ4n) is 3.36. The standard InChI is InChI=1S/C18H20N4O3/c23-17(24)18(20-15-3-1-2-4-16(15)25-18)13-21-9-11-22(12-10-21)14-5-7-19-8-6-14/h1-8,20H,9-13H2,(H,23,24). The number of carboxylic acid groups (broad SMARTS) is 1. The second kappa shape index (κ2) is 6.25. The van der Waals surface area contributed by atoms with Gasteiger partial charge in [-0.05, 0) is 24.3 Å². The third kappa shape index (κ3) is 2.98. The zero-order chi connectivity index (χ0) is 17.3. The second-order valence-corrected chi connectivity index (χ2v) is 6.32. The van der Waals surface area contributed by atoms with E-state index in [2.05, 4.69) is 20.1 Å². The van der Waals surface area contributed by atoms with Crippen LogP contribution in [0.3, 0.4) is 0 Å². The summed E-state index contributed by atoms with van der Waals surface area (Å²) < 4.78 is 5.80. The molecule has 7 nitrogen and oxygen atoms in total. The van der Waals surface area contributed by atoms with E-state index in [4.69, 9.17) is 4.74 Å². The average Bonchev–Trinajstić information content (AvgIpc) is 3.02. The molecule has 0 radical (unpaired) electrons. The van der Waals surface area contributed by atoms with Crippen LogP contribution in [0.5, 0.6) is 5.75 Å². The number of aromatic nitrogens is 1. The molecule has 1 aromatic heterocycles. The number of nitrogens with zero attached hydrogens (tertiary/aromatic N) is 3. The van der Waals surface area contributed by atoms with Crippen molar-refractivity contribution >= 4 is 17.3 Å². The van der Waals surface area contributed by atoms with Gasteiger partial charge < -0.3 is 20.1 Å². The predicted octanol–water partition coefficient (Wildman–Crippen LogP) is 1.49. The van der Waals surface area contributed by atoms with Crippen molar-refractivity contribution in [2.75, 3.05) is 42.9 Å². The van der Waals surface area contributed by atoms with Crippen molar-refractivity contribution < 1.29 is 14.6 Å². The highest BCUT2D eigenvalue weighted by Crippen LogP contribution is 2.37. The first-order valence-electron chi connectivity index (χ1n) is 8.33. The Morgan fingerprint density at radius 3 is 2.56 bits per heavy atom. The Morgan fingerprint density at radius 2 is 1.88 bits per heavy atom. The number of fused-ring (bicyclic) bond motifs is 1. The number of aliphatic carboxylic acids is 1. The molecule has 1 atom stereocenters. The first-order valence-corrected chi connectivity index (χ1v) is 8.33. The SMILES string of the molecule is O=C(O)C1(CN2CCN(c3ccncc3)CC2)Nc2ccccc2O1. The number of nitrogens with one attached hydrogen (secondary N) is 1. The zero-order valence-corrected chi connectivity index (χ0v) is 13.8. The lowest BCUT2D eigenvalue weighted by Crippen LogP contribution is -2.59. The predicted molar refractivity (Wildman–Crippen MR) is 93.9 cm³/mol. The molecule has 3 heterocycles. The number of hydrogen-bond acceptors (Lipinski definition) is 6. The number of carbonyl (C=O) groups is 1. The van der Waals surface area contributed by atoms with Gasteiger partial charge in [-0.3, -0.25) is 9.88 Å². The first-order chi connectivity index (χ1) is 12.2. The highest BCUT2D eigenvalue weighted by atomic mass is 16.6. The maximum Gasteiger partial charge on any atom is 0.371 e. The van der Waals surface area contributed by atoms with Crippen LogP contribution in [0.15, 0.2) is 48.8 Å². The van der Waals surface area contributed by atoms with E-state index in [-0.39, 0.29) is 0 Å². The van der Waals surface area contributed by atoms with Crippen molar-refractivity contribution in [1.82, 2.24) is 9.88 Å². The summed E-state index contributed by atoms with van der Waals surface area (Å²) in [5.74, 6) is -0.416. The fraction of sp³-hybridized carbons (Fsp3) is 0.333. The van der Waals surface area contributed by atoms with Crippen LogP contribution in [0.25, 0.3) is 0 Å². The summed E-state index contributed by atoms with van der Waals surface area (Å²) in [4.78, 5) is 20.4. The molecule has 2 aliphatic rings. The van der Waals surface area contributed by atoms with Gasteiger partial charge >= 0.3 is 5.97 Å². The molecule has 1 saturated heterocycles.